The zero-order valence-corrected chi connectivity index (χ0v) is 15.6. The van der Waals surface area contributed by atoms with Gasteiger partial charge in [-0.05, 0) is 31.6 Å². The second-order valence-electron chi connectivity index (χ2n) is 7.28. The van der Waals surface area contributed by atoms with E-state index in [0.29, 0.717) is 16.6 Å². The van der Waals surface area contributed by atoms with Gasteiger partial charge in [-0.3, -0.25) is 0 Å². The SMILES string of the molecule is OC1(C2CCN(c3cc(Cl)ncc3C#Cc3cnn(C(F)(F)F)c3)CC2)CC1. The molecular weight excluding hydrogens is 393 g/mol. The molecule has 28 heavy (non-hydrogen) atoms. The minimum Gasteiger partial charge on any atom is -0.390 e. The van der Waals surface area contributed by atoms with Crippen LogP contribution in [0, 0.1) is 17.8 Å². The van der Waals surface area contributed by atoms with Gasteiger partial charge >= 0.3 is 6.30 Å². The van der Waals surface area contributed by atoms with E-state index in [0.717, 1.165) is 56.9 Å². The van der Waals surface area contributed by atoms with Crippen molar-refractivity contribution in [2.75, 3.05) is 18.0 Å². The summed E-state index contributed by atoms with van der Waals surface area (Å²) in [6.07, 6.45) is 2.39. The van der Waals surface area contributed by atoms with Crippen LogP contribution in [-0.2, 0) is 6.30 Å². The van der Waals surface area contributed by atoms with Crippen molar-refractivity contribution in [3.05, 3.63) is 40.9 Å². The number of aromatic nitrogens is 3. The van der Waals surface area contributed by atoms with Gasteiger partial charge < -0.3 is 10.0 Å². The highest BCUT2D eigenvalue weighted by Gasteiger charge is 2.48. The maximum Gasteiger partial charge on any atom is 0.504 e. The zero-order chi connectivity index (χ0) is 19.9. The van der Waals surface area contributed by atoms with Gasteiger partial charge in [-0.1, -0.05) is 23.4 Å². The van der Waals surface area contributed by atoms with Crippen LogP contribution < -0.4 is 4.90 Å². The van der Waals surface area contributed by atoms with E-state index >= 15 is 0 Å². The minimum absolute atomic E-state index is 0.0780. The van der Waals surface area contributed by atoms with E-state index in [2.05, 4.69) is 26.8 Å². The Bertz CT molecular complexity index is 935. The predicted octanol–water partition coefficient (Wildman–Crippen LogP) is 3.55. The normalized spacial score (nSPS) is 19.2. The molecule has 1 saturated heterocycles. The van der Waals surface area contributed by atoms with Crippen LogP contribution in [0.25, 0.3) is 0 Å². The first kappa shape index (κ1) is 19.1. The molecule has 0 atom stereocenters. The molecule has 1 N–H and O–H groups in total. The van der Waals surface area contributed by atoms with E-state index in [-0.39, 0.29) is 10.2 Å². The number of hydrogen-bond acceptors (Lipinski definition) is 4. The largest absolute Gasteiger partial charge is 0.504 e. The summed E-state index contributed by atoms with van der Waals surface area (Å²) in [6.45, 7) is 1.52. The first-order chi connectivity index (χ1) is 13.2. The molecule has 0 unspecified atom stereocenters. The molecule has 2 aliphatic rings. The summed E-state index contributed by atoms with van der Waals surface area (Å²) in [7, 11) is 0. The van der Waals surface area contributed by atoms with Crippen molar-refractivity contribution >= 4 is 17.3 Å². The topological polar surface area (TPSA) is 54.2 Å². The van der Waals surface area contributed by atoms with Gasteiger partial charge in [0, 0.05) is 31.5 Å². The van der Waals surface area contributed by atoms with Crippen LogP contribution in [0.4, 0.5) is 18.9 Å². The summed E-state index contributed by atoms with van der Waals surface area (Å²) >= 11 is 6.05. The molecule has 1 aliphatic carbocycles. The van der Waals surface area contributed by atoms with Gasteiger partial charge in [-0.15, -0.1) is 13.2 Å². The fourth-order valence-corrected chi connectivity index (χ4v) is 3.79. The summed E-state index contributed by atoms with van der Waals surface area (Å²) in [5.41, 5.74) is 1.07. The summed E-state index contributed by atoms with van der Waals surface area (Å²) < 4.78 is 37.8. The quantitative estimate of drug-likeness (QED) is 0.607. The molecule has 0 bridgehead atoms. The smallest absolute Gasteiger partial charge is 0.390 e. The number of aliphatic hydroxyl groups is 1. The Morgan fingerprint density at radius 3 is 2.50 bits per heavy atom. The van der Waals surface area contributed by atoms with Crippen molar-refractivity contribution in [3.8, 4) is 11.8 Å². The third kappa shape index (κ3) is 3.96. The lowest BCUT2D eigenvalue weighted by molar-refractivity contribution is -0.212. The van der Waals surface area contributed by atoms with Crippen molar-refractivity contribution in [3.63, 3.8) is 0 Å². The van der Waals surface area contributed by atoms with Crippen molar-refractivity contribution in [1.82, 2.24) is 14.8 Å². The van der Waals surface area contributed by atoms with E-state index in [1.807, 2.05) is 0 Å². The summed E-state index contributed by atoms with van der Waals surface area (Å²) in [4.78, 5) is 6.19. The monoisotopic (exact) mass is 410 g/mol. The number of nitrogens with zero attached hydrogens (tertiary/aromatic N) is 4. The second kappa shape index (κ2) is 6.98. The number of hydrogen-bond donors (Lipinski definition) is 1. The van der Waals surface area contributed by atoms with Crippen LogP contribution in [0.3, 0.4) is 0 Å². The lowest BCUT2D eigenvalue weighted by Gasteiger charge is -2.36. The third-order valence-electron chi connectivity index (χ3n) is 5.39. The number of alkyl halides is 3. The van der Waals surface area contributed by atoms with Crippen molar-refractivity contribution in [2.24, 2.45) is 5.92 Å². The molecule has 148 valence electrons. The van der Waals surface area contributed by atoms with Gasteiger partial charge in [0.2, 0.25) is 0 Å². The van der Waals surface area contributed by atoms with E-state index in [1.165, 1.54) is 6.20 Å². The lowest BCUT2D eigenvalue weighted by atomic mass is 9.89. The highest BCUT2D eigenvalue weighted by Crippen LogP contribution is 2.46. The third-order valence-corrected chi connectivity index (χ3v) is 5.60. The van der Waals surface area contributed by atoms with Crippen LogP contribution in [0.1, 0.15) is 36.8 Å². The molecule has 9 heteroatoms. The average molecular weight is 411 g/mol. The highest BCUT2D eigenvalue weighted by atomic mass is 35.5. The molecule has 0 radical (unpaired) electrons. The summed E-state index contributed by atoms with van der Waals surface area (Å²) in [5, 5.41) is 13.9. The molecule has 2 aromatic rings. The Kier molecular flexibility index (Phi) is 4.76. The molecule has 3 heterocycles. The zero-order valence-electron chi connectivity index (χ0n) is 14.9. The van der Waals surface area contributed by atoms with Crippen molar-refractivity contribution in [2.45, 2.75) is 37.6 Å². The molecule has 0 aromatic carbocycles. The fourth-order valence-electron chi connectivity index (χ4n) is 3.64. The molecule has 2 fully saturated rings. The van der Waals surface area contributed by atoms with Crippen molar-refractivity contribution in [1.29, 1.82) is 0 Å². The molecular formula is C19H18ClF3N4O. The molecule has 1 aliphatic heterocycles. The number of halogens is 4. The van der Waals surface area contributed by atoms with E-state index in [9.17, 15) is 18.3 Å². The van der Waals surface area contributed by atoms with Crippen LogP contribution in [0.5, 0.6) is 0 Å². The summed E-state index contributed by atoms with van der Waals surface area (Å²) in [5.74, 6) is 5.91. The second-order valence-corrected chi connectivity index (χ2v) is 7.67. The van der Waals surface area contributed by atoms with E-state index in [1.54, 1.807) is 6.07 Å². The maximum absolute atomic E-state index is 12.6. The molecule has 2 aromatic heterocycles. The van der Waals surface area contributed by atoms with Gasteiger partial charge in [0.15, 0.2) is 0 Å². The lowest BCUT2D eigenvalue weighted by Crippen LogP contribution is -2.39. The first-order valence-electron chi connectivity index (χ1n) is 9.01. The molecule has 5 nitrogen and oxygen atoms in total. The Balaban J connectivity index is 1.54. The van der Waals surface area contributed by atoms with Crippen LogP contribution in [-0.4, -0.2) is 38.6 Å². The van der Waals surface area contributed by atoms with Crippen LogP contribution in [0.2, 0.25) is 5.15 Å². The van der Waals surface area contributed by atoms with Gasteiger partial charge in [0.25, 0.3) is 0 Å². The number of rotatable bonds is 2. The fraction of sp³-hybridized carbons (Fsp3) is 0.474. The number of piperidine rings is 1. The number of pyridine rings is 1. The maximum atomic E-state index is 12.6. The summed E-state index contributed by atoms with van der Waals surface area (Å²) in [6, 6.07) is 1.72. The Labute approximate surface area is 165 Å². The van der Waals surface area contributed by atoms with E-state index in [4.69, 9.17) is 11.6 Å². The van der Waals surface area contributed by atoms with Gasteiger partial charge in [-0.25, -0.2) is 4.98 Å². The van der Waals surface area contributed by atoms with Crippen molar-refractivity contribution < 1.29 is 18.3 Å². The highest BCUT2D eigenvalue weighted by molar-refractivity contribution is 6.29. The van der Waals surface area contributed by atoms with Crippen LogP contribution in [0.15, 0.2) is 24.7 Å². The van der Waals surface area contributed by atoms with Gasteiger partial charge in [-0.2, -0.15) is 9.78 Å². The minimum atomic E-state index is -4.57. The van der Waals surface area contributed by atoms with E-state index < -0.39 is 11.9 Å². The Morgan fingerprint density at radius 1 is 1.18 bits per heavy atom. The molecule has 1 saturated carbocycles. The number of anilines is 1. The predicted molar refractivity (Wildman–Crippen MR) is 97.9 cm³/mol. The standard InChI is InChI=1S/C19H18ClF3N4O/c20-17-9-16(26-7-3-15(4-8-26)18(28)5-6-18)14(11-24-17)2-1-13-10-25-27(12-13)19(21,22)23/h9-12,15,28H,3-8H2. The molecule has 0 amide bonds. The first-order valence-corrected chi connectivity index (χ1v) is 9.39. The van der Waals surface area contributed by atoms with Gasteiger partial charge in [0.1, 0.15) is 5.15 Å². The molecule has 4 rings (SSSR count). The van der Waals surface area contributed by atoms with Gasteiger partial charge in [0.05, 0.1) is 28.6 Å². The average Bonchev–Trinajstić information content (AvgIpc) is 3.22. The molecule has 0 spiro atoms. The Hall–Kier alpha value is -2.24. The Morgan fingerprint density at radius 2 is 1.89 bits per heavy atom. The van der Waals surface area contributed by atoms with Crippen LogP contribution >= 0.6 is 11.6 Å².